The van der Waals surface area contributed by atoms with Gasteiger partial charge in [-0.15, -0.1) is 0 Å². The van der Waals surface area contributed by atoms with Crippen molar-refractivity contribution in [2.75, 3.05) is 0 Å². The van der Waals surface area contributed by atoms with Crippen LogP contribution < -0.4 is 5.32 Å². The van der Waals surface area contributed by atoms with Gasteiger partial charge in [0.15, 0.2) is 0 Å². The van der Waals surface area contributed by atoms with Gasteiger partial charge in [-0.2, -0.15) is 0 Å². The molecule has 2 saturated heterocycles. The van der Waals surface area contributed by atoms with Crippen molar-refractivity contribution in [3.63, 3.8) is 0 Å². The summed E-state index contributed by atoms with van der Waals surface area (Å²) >= 11 is 0. The maximum atomic E-state index is 10.9. The summed E-state index contributed by atoms with van der Waals surface area (Å²) in [5.74, 6) is -0.403. The lowest BCUT2D eigenvalue weighted by atomic mass is 9.75. The van der Waals surface area contributed by atoms with Crippen LogP contribution in [0.1, 0.15) is 39.0 Å². The number of hydrogen-bond donors (Lipinski definition) is 2. The molecule has 0 aromatic carbocycles. The minimum atomic E-state index is -0.630. The lowest BCUT2D eigenvalue weighted by Crippen LogP contribution is -2.50. The fraction of sp³-hybridized carbons (Fsp3) is 0.909. The van der Waals surface area contributed by atoms with E-state index in [2.05, 4.69) is 5.32 Å². The van der Waals surface area contributed by atoms with Crippen molar-refractivity contribution in [3.8, 4) is 0 Å². The zero-order valence-corrected chi connectivity index (χ0v) is 8.70. The monoisotopic (exact) mass is 197 g/mol. The predicted octanol–water partition coefficient (Wildman–Crippen LogP) is 1.63. The molecule has 0 amide bonds. The Morgan fingerprint density at radius 3 is 2.43 bits per heavy atom. The van der Waals surface area contributed by atoms with Gasteiger partial charge in [-0.1, -0.05) is 13.3 Å². The fourth-order valence-electron chi connectivity index (χ4n) is 2.92. The molecule has 0 radical (unpaired) electrons. The lowest BCUT2D eigenvalue weighted by molar-refractivity contribution is -0.143. The third-order valence-electron chi connectivity index (χ3n) is 3.85. The van der Waals surface area contributed by atoms with E-state index >= 15 is 0 Å². The molecule has 2 bridgehead atoms. The zero-order chi connectivity index (χ0) is 10.1. The number of carboxylic acids is 1. The molecule has 3 heteroatoms. The molecule has 2 aliphatic rings. The van der Waals surface area contributed by atoms with Gasteiger partial charge in [0.05, 0.1) is 5.92 Å². The Morgan fingerprint density at radius 1 is 1.36 bits per heavy atom. The maximum Gasteiger partial charge on any atom is 0.306 e. The summed E-state index contributed by atoms with van der Waals surface area (Å²) in [6, 6.07) is 1.18. The number of carbonyl (C=O) groups is 1. The van der Waals surface area contributed by atoms with Crippen molar-refractivity contribution in [2.24, 2.45) is 11.8 Å². The highest BCUT2D eigenvalue weighted by atomic mass is 16.4. The highest BCUT2D eigenvalue weighted by molar-refractivity contribution is 5.69. The largest absolute Gasteiger partial charge is 0.481 e. The topological polar surface area (TPSA) is 49.3 Å². The number of carboxylic acid groups (broad SMARTS) is 1. The first-order chi connectivity index (χ1) is 6.66. The molecule has 0 aromatic heterocycles. The summed E-state index contributed by atoms with van der Waals surface area (Å²) in [5, 5.41) is 12.6. The molecule has 2 heterocycles. The lowest BCUT2D eigenvalue weighted by Gasteiger charge is -2.41. The second kappa shape index (κ2) is 3.89. The van der Waals surface area contributed by atoms with Crippen LogP contribution in [0.5, 0.6) is 0 Å². The number of aliphatic carboxylic acids is 1. The normalized spacial score (nSPS) is 39.1. The van der Waals surface area contributed by atoms with Crippen LogP contribution in [-0.2, 0) is 4.79 Å². The van der Waals surface area contributed by atoms with Crippen LogP contribution in [0.25, 0.3) is 0 Å². The molecule has 0 spiro atoms. The predicted molar refractivity (Wildman–Crippen MR) is 54.1 cm³/mol. The summed E-state index contributed by atoms with van der Waals surface area (Å²) in [6.45, 7) is 1.86. The molecular formula is C11H19NO2. The highest BCUT2D eigenvalue weighted by Crippen LogP contribution is 2.33. The summed E-state index contributed by atoms with van der Waals surface area (Å²) in [6.07, 6.45) is 5.91. The first-order valence-corrected chi connectivity index (χ1v) is 5.65. The van der Waals surface area contributed by atoms with Crippen molar-refractivity contribution in [3.05, 3.63) is 0 Å². The van der Waals surface area contributed by atoms with Crippen LogP contribution in [0.4, 0.5) is 0 Å². The summed E-state index contributed by atoms with van der Waals surface area (Å²) in [4.78, 5) is 10.9. The highest BCUT2D eigenvalue weighted by Gasteiger charge is 2.35. The number of hydrogen-bond acceptors (Lipinski definition) is 2. The SMILES string of the molecule is CC(C(=O)O)C1CC2CCCC(C1)N2. The minimum Gasteiger partial charge on any atom is -0.481 e. The zero-order valence-electron chi connectivity index (χ0n) is 8.70. The number of nitrogens with one attached hydrogen (secondary N) is 1. The molecule has 2 N–H and O–H groups in total. The van der Waals surface area contributed by atoms with Gasteiger partial charge in [-0.25, -0.2) is 0 Å². The first-order valence-electron chi connectivity index (χ1n) is 5.65. The second-order valence-electron chi connectivity index (χ2n) is 4.85. The van der Waals surface area contributed by atoms with Crippen LogP contribution in [0.2, 0.25) is 0 Å². The van der Waals surface area contributed by atoms with E-state index in [1.165, 1.54) is 19.3 Å². The van der Waals surface area contributed by atoms with E-state index in [0.717, 1.165) is 12.8 Å². The van der Waals surface area contributed by atoms with Gasteiger partial charge in [-0.3, -0.25) is 4.79 Å². The van der Waals surface area contributed by atoms with Crippen LogP contribution >= 0.6 is 0 Å². The van der Waals surface area contributed by atoms with E-state index in [-0.39, 0.29) is 5.92 Å². The molecule has 2 rings (SSSR count). The Hall–Kier alpha value is -0.570. The van der Waals surface area contributed by atoms with E-state index in [9.17, 15) is 4.79 Å². The standard InChI is InChI=1S/C11H19NO2/c1-7(11(13)14)8-5-9-3-2-4-10(6-8)12-9/h7-10,12H,2-6H2,1H3,(H,13,14). The molecule has 0 saturated carbocycles. The van der Waals surface area contributed by atoms with Gasteiger partial charge in [0.1, 0.15) is 0 Å². The van der Waals surface area contributed by atoms with E-state index < -0.39 is 5.97 Å². The van der Waals surface area contributed by atoms with Gasteiger partial charge >= 0.3 is 5.97 Å². The Morgan fingerprint density at radius 2 is 1.93 bits per heavy atom. The number of piperidine rings is 2. The van der Waals surface area contributed by atoms with Gasteiger partial charge in [0.25, 0.3) is 0 Å². The average Bonchev–Trinajstić information content (AvgIpc) is 2.15. The van der Waals surface area contributed by atoms with Crippen molar-refractivity contribution in [2.45, 2.75) is 51.1 Å². The third-order valence-corrected chi connectivity index (χ3v) is 3.85. The van der Waals surface area contributed by atoms with Crippen molar-refractivity contribution < 1.29 is 9.90 Å². The van der Waals surface area contributed by atoms with Crippen LogP contribution in [-0.4, -0.2) is 23.2 Å². The van der Waals surface area contributed by atoms with E-state index in [1.807, 2.05) is 6.92 Å². The molecule has 0 aromatic rings. The van der Waals surface area contributed by atoms with Crippen LogP contribution in [0, 0.1) is 11.8 Å². The molecule has 80 valence electrons. The number of rotatable bonds is 2. The molecular weight excluding hydrogens is 178 g/mol. The quantitative estimate of drug-likeness (QED) is 0.707. The first kappa shape index (κ1) is 9.97. The van der Waals surface area contributed by atoms with E-state index in [4.69, 9.17) is 5.11 Å². The number of fused-ring (bicyclic) bond motifs is 2. The van der Waals surface area contributed by atoms with Gasteiger partial charge in [0.2, 0.25) is 0 Å². The second-order valence-corrected chi connectivity index (χ2v) is 4.85. The van der Waals surface area contributed by atoms with Gasteiger partial charge in [0, 0.05) is 12.1 Å². The van der Waals surface area contributed by atoms with Gasteiger partial charge < -0.3 is 10.4 Å². The Kier molecular flexibility index (Phi) is 2.77. The fourth-order valence-corrected chi connectivity index (χ4v) is 2.92. The molecule has 3 atom stereocenters. The smallest absolute Gasteiger partial charge is 0.306 e. The van der Waals surface area contributed by atoms with Crippen LogP contribution in [0.3, 0.4) is 0 Å². The molecule has 14 heavy (non-hydrogen) atoms. The maximum absolute atomic E-state index is 10.9. The van der Waals surface area contributed by atoms with Gasteiger partial charge in [-0.05, 0) is 31.6 Å². The molecule has 2 fully saturated rings. The summed E-state index contributed by atoms with van der Waals surface area (Å²) in [5.41, 5.74) is 0. The summed E-state index contributed by atoms with van der Waals surface area (Å²) in [7, 11) is 0. The molecule has 3 nitrogen and oxygen atoms in total. The van der Waals surface area contributed by atoms with Crippen molar-refractivity contribution >= 4 is 5.97 Å². The van der Waals surface area contributed by atoms with E-state index in [1.54, 1.807) is 0 Å². The summed E-state index contributed by atoms with van der Waals surface area (Å²) < 4.78 is 0. The van der Waals surface area contributed by atoms with Crippen molar-refractivity contribution in [1.82, 2.24) is 5.32 Å². The molecule has 3 unspecified atom stereocenters. The van der Waals surface area contributed by atoms with Crippen molar-refractivity contribution in [1.29, 1.82) is 0 Å². The minimum absolute atomic E-state index is 0.166. The Labute approximate surface area is 84.9 Å². The van der Waals surface area contributed by atoms with E-state index in [0.29, 0.717) is 18.0 Å². The molecule has 2 aliphatic heterocycles. The Balaban J connectivity index is 1.98. The Bertz CT molecular complexity index is 217. The molecule has 0 aliphatic carbocycles. The van der Waals surface area contributed by atoms with Crippen LogP contribution in [0.15, 0.2) is 0 Å². The third kappa shape index (κ3) is 1.92. The average molecular weight is 197 g/mol.